The Bertz CT molecular complexity index is 2040. The molecule has 1 N–H and O–H groups in total. The first-order chi connectivity index (χ1) is 24.8. The Kier molecular flexibility index (Phi) is 10.5. The number of amides is 2. The average Bonchev–Trinajstić information content (AvgIpc) is 3.67. The number of carbonyl (C=O) groups excluding carboxylic acids is 2. The van der Waals surface area contributed by atoms with E-state index in [1.165, 1.54) is 22.5 Å². The number of aliphatic carboxylic acids is 1. The van der Waals surface area contributed by atoms with Gasteiger partial charge in [0.1, 0.15) is 18.2 Å². The van der Waals surface area contributed by atoms with Gasteiger partial charge in [-0.3, -0.25) is 24.2 Å². The standard InChI is InChI=1S/C41H40FN3O5S/c42-32-12-13-35-37(26-32)51-43-39(35)31-16-18-44(19-17-31)21-22-50-36-8-4-1-5-30(36)11-9-27-23-28(10-14-38(46)47)25-29(24-27)15-20-45-40(48)33-6-2-3-7-34(33)41(45)49/h1-8,12-13,23-26,31H,9-11,14-22H2,(H,46,47). The molecule has 1 fully saturated rings. The summed E-state index contributed by atoms with van der Waals surface area (Å²) < 4.78 is 25.6. The number of imide groups is 1. The van der Waals surface area contributed by atoms with Gasteiger partial charge in [-0.05, 0) is 122 Å². The van der Waals surface area contributed by atoms with E-state index in [0.717, 1.165) is 89.1 Å². The molecule has 7 rings (SSSR count). The SMILES string of the molecule is O=C(O)CCc1cc(CCc2ccccc2OCCN2CCC(c3nsc4cc(F)ccc34)CC2)cc(CCN2C(=O)c3ccccc3C2=O)c1. The highest BCUT2D eigenvalue weighted by molar-refractivity contribution is 7.13. The van der Waals surface area contributed by atoms with E-state index >= 15 is 0 Å². The number of carbonyl (C=O) groups is 3. The summed E-state index contributed by atoms with van der Waals surface area (Å²) in [5.74, 6) is -0.382. The van der Waals surface area contributed by atoms with E-state index in [9.17, 15) is 23.9 Å². The van der Waals surface area contributed by atoms with E-state index < -0.39 is 5.97 Å². The van der Waals surface area contributed by atoms with Crippen molar-refractivity contribution in [2.24, 2.45) is 0 Å². The van der Waals surface area contributed by atoms with Crippen molar-refractivity contribution < 1.29 is 28.6 Å². The van der Waals surface area contributed by atoms with Gasteiger partial charge < -0.3 is 9.84 Å². The number of halogens is 1. The summed E-state index contributed by atoms with van der Waals surface area (Å²) in [5.41, 5.74) is 6.04. The normalized spacial score (nSPS) is 15.1. The summed E-state index contributed by atoms with van der Waals surface area (Å²) in [4.78, 5) is 40.9. The van der Waals surface area contributed by atoms with Gasteiger partial charge in [0.2, 0.25) is 0 Å². The van der Waals surface area contributed by atoms with E-state index in [4.69, 9.17) is 4.74 Å². The molecule has 2 aliphatic heterocycles. The molecule has 0 bridgehead atoms. The van der Waals surface area contributed by atoms with Crippen LogP contribution >= 0.6 is 11.5 Å². The molecule has 1 aromatic heterocycles. The van der Waals surface area contributed by atoms with Gasteiger partial charge in [0.25, 0.3) is 11.8 Å². The molecule has 0 spiro atoms. The largest absolute Gasteiger partial charge is 0.492 e. The summed E-state index contributed by atoms with van der Waals surface area (Å²) in [6, 6.07) is 26.1. The van der Waals surface area contributed by atoms with E-state index in [2.05, 4.69) is 27.5 Å². The number of carboxylic acids is 1. The molecule has 4 aromatic carbocycles. The minimum Gasteiger partial charge on any atom is -0.492 e. The van der Waals surface area contributed by atoms with E-state index in [0.29, 0.717) is 36.5 Å². The second-order valence-corrected chi connectivity index (χ2v) is 14.2. The highest BCUT2D eigenvalue weighted by atomic mass is 32.1. The number of ether oxygens (including phenoxy) is 1. The Balaban J connectivity index is 0.942. The van der Waals surface area contributed by atoms with Crippen LogP contribution in [-0.2, 0) is 30.5 Å². The molecule has 0 aliphatic carbocycles. The van der Waals surface area contributed by atoms with Gasteiger partial charge in [0.05, 0.1) is 21.5 Å². The average molecular weight is 706 g/mol. The second kappa shape index (κ2) is 15.5. The van der Waals surface area contributed by atoms with Crippen LogP contribution in [0.5, 0.6) is 5.75 Å². The van der Waals surface area contributed by atoms with Crippen LogP contribution in [0.3, 0.4) is 0 Å². The van der Waals surface area contributed by atoms with Gasteiger partial charge in [-0.15, -0.1) is 0 Å². The number of piperidine rings is 1. The monoisotopic (exact) mass is 705 g/mol. The number of aromatic nitrogens is 1. The molecule has 5 aromatic rings. The van der Waals surface area contributed by atoms with Gasteiger partial charge in [-0.2, -0.15) is 4.37 Å². The number of hydrogen-bond donors (Lipinski definition) is 1. The highest BCUT2D eigenvalue weighted by Gasteiger charge is 2.34. The number of aryl methyl sites for hydroxylation is 3. The van der Waals surface area contributed by atoms with Crippen molar-refractivity contribution in [3.8, 4) is 5.75 Å². The Labute approximate surface area is 300 Å². The van der Waals surface area contributed by atoms with Crippen LogP contribution in [0.15, 0.2) is 84.9 Å². The summed E-state index contributed by atoms with van der Waals surface area (Å²) in [6.45, 7) is 3.58. The summed E-state index contributed by atoms with van der Waals surface area (Å²) in [6.07, 6.45) is 4.41. The number of fused-ring (bicyclic) bond motifs is 2. The van der Waals surface area contributed by atoms with Crippen molar-refractivity contribution in [3.05, 3.63) is 130 Å². The number of hydrogen-bond acceptors (Lipinski definition) is 7. The molecular formula is C41H40FN3O5S. The van der Waals surface area contributed by atoms with Crippen LogP contribution in [0.25, 0.3) is 10.1 Å². The molecule has 3 heterocycles. The third-order valence-corrected chi connectivity index (χ3v) is 10.8. The van der Waals surface area contributed by atoms with Crippen molar-refractivity contribution in [1.29, 1.82) is 0 Å². The van der Waals surface area contributed by atoms with Crippen LogP contribution in [-0.4, -0.2) is 69.8 Å². The molecule has 0 radical (unpaired) electrons. The molecule has 0 atom stereocenters. The minimum absolute atomic E-state index is 0.0264. The highest BCUT2D eigenvalue weighted by Crippen LogP contribution is 2.35. The zero-order chi connectivity index (χ0) is 35.3. The number of nitrogens with zero attached hydrogens (tertiary/aromatic N) is 3. The van der Waals surface area contributed by atoms with Crippen molar-refractivity contribution >= 4 is 39.4 Å². The maximum atomic E-state index is 13.7. The van der Waals surface area contributed by atoms with E-state index in [-0.39, 0.29) is 30.6 Å². The second-order valence-electron chi connectivity index (χ2n) is 13.4. The lowest BCUT2D eigenvalue weighted by Gasteiger charge is -2.31. The van der Waals surface area contributed by atoms with Crippen LogP contribution < -0.4 is 4.74 Å². The zero-order valence-corrected chi connectivity index (χ0v) is 29.2. The number of likely N-dealkylation sites (tertiary alicyclic amines) is 1. The minimum atomic E-state index is -0.852. The van der Waals surface area contributed by atoms with Gasteiger partial charge in [0.15, 0.2) is 0 Å². The molecule has 8 nitrogen and oxygen atoms in total. The Hall–Kier alpha value is -4.93. The van der Waals surface area contributed by atoms with Crippen molar-refractivity contribution in [1.82, 2.24) is 14.2 Å². The summed E-state index contributed by atoms with van der Waals surface area (Å²) >= 11 is 1.38. The Morgan fingerprint density at radius 3 is 2.22 bits per heavy atom. The van der Waals surface area contributed by atoms with Crippen LogP contribution in [0, 0.1) is 5.82 Å². The van der Waals surface area contributed by atoms with Crippen LogP contribution in [0.4, 0.5) is 4.39 Å². The van der Waals surface area contributed by atoms with Crippen LogP contribution in [0.2, 0.25) is 0 Å². The molecule has 2 amide bonds. The molecule has 262 valence electrons. The first kappa shape index (κ1) is 34.5. The lowest BCUT2D eigenvalue weighted by atomic mass is 9.91. The third-order valence-electron chi connectivity index (χ3n) is 10.00. The maximum Gasteiger partial charge on any atom is 0.303 e. The van der Waals surface area contributed by atoms with Gasteiger partial charge >= 0.3 is 5.97 Å². The Morgan fingerprint density at radius 2 is 1.49 bits per heavy atom. The molecular weight excluding hydrogens is 666 g/mol. The predicted octanol–water partition coefficient (Wildman–Crippen LogP) is 7.33. The van der Waals surface area contributed by atoms with E-state index in [1.54, 1.807) is 30.3 Å². The first-order valence-electron chi connectivity index (χ1n) is 17.6. The van der Waals surface area contributed by atoms with Crippen molar-refractivity contribution in [2.45, 2.75) is 50.9 Å². The molecule has 10 heteroatoms. The third kappa shape index (κ3) is 8.02. The van der Waals surface area contributed by atoms with Crippen LogP contribution in [0.1, 0.15) is 73.8 Å². The number of benzene rings is 4. The summed E-state index contributed by atoms with van der Waals surface area (Å²) in [5, 5.41) is 10.4. The number of rotatable bonds is 14. The lowest BCUT2D eigenvalue weighted by Crippen LogP contribution is -2.36. The summed E-state index contributed by atoms with van der Waals surface area (Å²) in [7, 11) is 0. The van der Waals surface area contributed by atoms with Gasteiger partial charge in [0, 0.05) is 30.8 Å². The molecule has 51 heavy (non-hydrogen) atoms. The Morgan fingerprint density at radius 1 is 0.824 bits per heavy atom. The van der Waals surface area contributed by atoms with Gasteiger partial charge in [-0.1, -0.05) is 48.5 Å². The fourth-order valence-electron chi connectivity index (χ4n) is 7.28. The predicted molar refractivity (Wildman–Crippen MR) is 195 cm³/mol. The molecule has 1 saturated heterocycles. The van der Waals surface area contributed by atoms with Crippen molar-refractivity contribution in [3.63, 3.8) is 0 Å². The van der Waals surface area contributed by atoms with Crippen molar-refractivity contribution in [2.75, 3.05) is 32.8 Å². The maximum absolute atomic E-state index is 13.7. The topological polar surface area (TPSA) is 100 Å². The lowest BCUT2D eigenvalue weighted by molar-refractivity contribution is -0.136. The molecule has 0 unspecified atom stereocenters. The first-order valence-corrected chi connectivity index (χ1v) is 18.4. The number of para-hydroxylation sites is 1. The fourth-order valence-corrected chi connectivity index (χ4v) is 8.16. The quantitative estimate of drug-likeness (QED) is 0.121. The molecule has 0 saturated carbocycles. The van der Waals surface area contributed by atoms with Gasteiger partial charge in [-0.25, -0.2) is 4.39 Å². The molecule has 2 aliphatic rings. The smallest absolute Gasteiger partial charge is 0.303 e. The fraction of sp³-hybridized carbons (Fsp3) is 0.317. The number of carboxylic acid groups (broad SMARTS) is 1. The zero-order valence-electron chi connectivity index (χ0n) is 28.4. The van der Waals surface area contributed by atoms with E-state index in [1.807, 2.05) is 30.3 Å².